The predicted molar refractivity (Wildman–Crippen MR) is 55.9 cm³/mol. The van der Waals surface area contributed by atoms with Crippen molar-refractivity contribution < 1.29 is 4.74 Å². The van der Waals surface area contributed by atoms with E-state index in [1.165, 1.54) is 0 Å². The number of aromatic nitrogens is 3. The third-order valence-electron chi connectivity index (χ3n) is 1.60. The first-order valence-electron chi connectivity index (χ1n) is 4.62. The lowest BCUT2D eigenvalue weighted by molar-refractivity contribution is 0.285. The van der Waals surface area contributed by atoms with Crippen LogP contribution in [0.5, 0.6) is 6.01 Å². The molecule has 84 valence electrons. The summed E-state index contributed by atoms with van der Waals surface area (Å²) in [6, 6.07) is 0.194. The average molecular weight is 213 g/mol. The minimum atomic E-state index is 0.194. The van der Waals surface area contributed by atoms with Crippen LogP contribution in [0.1, 0.15) is 19.8 Å². The number of hydrogen-bond donors (Lipinski definition) is 4. The van der Waals surface area contributed by atoms with Gasteiger partial charge in [0.15, 0.2) is 0 Å². The summed E-state index contributed by atoms with van der Waals surface area (Å²) in [5.41, 5.74) is 4.59. The van der Waals surface area contributed by atoms with Crippen LogP contribution in [0.4, 0.5) is 11.9 Å². The first-order chi connectivity index (χ1) is 7.30. The fourth-order valence-corrected chi connectivity index (χ4v) is 0.858. The van der Waals surface area contributed by atoms with Crippen molar-refractivity contribution in [2.75, 3.05) is 17.5 Å². The Bertz CT molecular complexity index is 283. The van der Waals surface area contributed by atoms with E-state index in [2.05, 4.69) is 32.7 Å². The molecule has 0 unspecified atom stereocenters. The Hall–Kier alpha value is -1.67. The number of anilines is 2. The van der Waals surface area contributed by atoms with Gasteiger partial charge in [0.25, 0.3) is 0 Å². The van der Waals surface area contributed by atoms with Crippen LogP contribution < -0.4 is 27.3 Å². The maximum Gasteiger partial charge on any atom is 0.323 e. The highest BCUT2D eigenvalue weighted by Crippen LogP contribution is 2.09. The molecule has 1 rings (SSSR count). The second kappa shape index (κ2) is 5.94. The molecule has 0 bridgehead atoms. The van der Waals surface area contributed by atoms with Gasteiger partial charge < -0.3 is 4.74 Å². The van der Waals surface area contributed by atoms with E-state index < -0.39 is 0 Å². The highest BCUT2D eigenvalue weighted by Gasteiger charge is 2.05. The Balaban J connectivity index is 2.68. The summed E-state index contributed by atoms with van der Waals surface area (Å²) in [5, 5.41) is 0. The summed E-state index contributed by atoms with van der Waals surface area (Å²) in [5.74, 6) is 10.7. The van der Waals surface area contributed by atoms with Gasteiger partial charge in [-0.05, 0) is 6.42 Å². The number of nitrogens with zero attached hydrogens (tertiary/aromatic N) is 3. The van der Waals surface area contributed by atoms with Crippen molar-refractivity contribution in [1.29, 1.82) is 0 Å². The van der Waals surface area contributed by atoms with Crippen molar-refractivity contribution in [3.8, 4) is 6.01 Å². The summed E-state index contributed by atoms with van der Waals surface area (Å²) in [6.45, 7) is 2.62. The molecule has 8 heteroatoms. The van der Waals surface area contributed by atoms with Crippen LogP contribution >= 0.6 is 0 Å². The van der Waals surface area contributed by atoms with E-state index in [0.717, 1.165) is 12.8 Å². The predicted octanol–water partition coefficient (Wildman–Crippen LogP) is -0.378. The van der Waals surface area contributed by atoms with Gasteiger partial charge in [0.2, 0.25) is 11.9 Å². The summed E-state index contributed by atoms with van der Waals surface area (Å²) < 4.78 is 5.28. The third kappa shape index (κ3) is 3.52. The molecule has 15 heavy (non-hydrogen) atoms. The molecule has 6 N–H and O–H groups in total. The molecule has 0 amide bonds. The summed E-state index contributed by atoms with van der Waals surface area (Å²) in [4.78, 5) is 11.6. The molecule has 0 atom stereocenters. The van der Waals surface area contributed by atoms with E-state index in [0.29, 0.717) is 6.61 Å². The molecule has 1 aromatic rings. The highest BCUT2D eigenvalue weighted by atomic mass is 16.5. The third-order valence-corrected chi connectivity index (χ3v) is 1.60. The minimum Gasteiger partial charge on any atom is -0.463 e. The smallest absolute Gasteiger partial charge is 0.323 e. The van der Waals surface area contributed by atoms with Gasteiger partial charge in [-0.15, -0.1) is 0 Å². The molecular weight excluding hydrogens is 198 g/mol. The molecule has 0 aromatic carbocycles. The molecular formula is C7H15N7O. The van der Waals surface area contributed by atoms with Crippen LogP contribution in [-0.2, 0) is 0 Å². The maximum absolute atomic E-state index is 5.28. The SMILES string of the molecule is CCCCOc1nc(NN)nc(NN)n1. The number of nitrogens with two attached hydrogens (primary N) is 2. The van der Waals surface area contributed by atoms with E-state index in [1.54, 1.807) is 0 Å². The monoisotopic (exact) mass is 213 g/mol. The highest BCUT2D eigenvalue weighted by molar-refractivity contribution is 5.33. The van der Waals surface area contributed by atoms with Gasteiger partial charge in [0, 0.05) is 0 Å². The Labute approximate surface area is 87.4 Å². The molecule has 0 saturated carbocycles. The number of rotatable bonds is 6. The molecule has 1 aromatic heterocycles. The van der Waals surface area contributed by atoms with E-state index >= 15 is 0 Å². The lowest BCUT2D eigenvalue weighted by atomic mass is 10.4. The number of hydrogen-bond acceptors (Lipinski definition) is 8. The van der Waals surface area contributed by atoms with Crippen molar-refractivity contribution in [3.63, 3.8) is 0 Å². The summed E-state index contributed by atoms with van der Waals surface area (Å²) >= 11 is 0. The van der Waals surface area contributed by atoms with Crippen LogP contribution in [-0.4, -0.2) is 21.6 Å². The average Bonchev–Trinajstić information content (AvgIpc) is 2.29. The normalized spacial score (nSPS) is 9.80. The molecule has 0 saturated heterocycles. The van der Waals surface area contributed by atoms with Crippen LogP contribution in [0, 0.1) is 0 Å². The molecule has 0 aliphatic carbocycles. The molecule has 0 aliphatic heterocycles. The Kier molecular flexibility index (Phi) is 4.51. The van der Waals surface area contributed by atoms with E-state index in [-0.39, 0.29) is 17.9 Å². The standard InChI is InChI=1S/C7H15N7O/c1-2-3-4-15-7-11-5(13-8)10-6(12-7)14-9/h2-4,8-9H2,1H3,(H2,10,11,12,13,14). The van der Waals surface area contributed by atoms with Gasteiger partial charge in [-0.25, -0.2) is 11.7 Å². The van der Waals surface area contributed by atoms with Crippen LogP contribution in [0.15, 0.2) is 0 Å². The number of nitrogen functional groups attached to an aromatic ring is 2. The fourth-order valence-electron chi connectivity index (χ4n) is 0.858. The lowest BCUT2D eigenvalue weighted by Crippen LogP contribution is -2.17. The number of unbranched alkanes of at least 4 members (excludes halogenated alkanes) is 1. The summed E-state index contributed by atoms with van der Waals surface area (Å²) in [6.07, 6.45) is 1.97. The second-order valence-electron chi connectivity index (χ2n) is 2.76. The van der Waals surface area contributed by atoms with Gasteiger partial charge >= 0.3 is 6.01 Å². The molecule has 8 nitrogen and oxygen atoms in total. The zero-order chi connectivity index (χ0) is 11.1. The Morgan fingerprint density at radius 2 is 1.73 bits per heavy atom. The summed E-state index contributed by atoms with van der Waals surface area (Å²) in [7, 11) is 0. The van der Waals surface area contributed by atoms with E-state index in [1.807, 2.05) is 0 Å². The molecule has 0 spiro atoms. The van der Waals surface area contributed by atoms with Gasteiger partial charge in [-0.2, -0.15) is 15.0 Å². The van der Waals surface area contributed by atoms with Crippen molar-refractivity contribution in [2.24, 2.45) is 11.7 Å². The first kappa shape index (κ1) is 11.4. The largest absolute Gasteiger partial charge is 0.463 e. The quantitative estimate of drug-likeness (QED) is 0.286. The van der Waals surface area contributed by atoms with Crippen molar-refractivity contribution in [1.82, 2.24) is 15.0 Å². The molecule has 0 radical (unpaired) electrons. The van der Waals surface area contributed by atoms with Crippen molar-refractivity contribution in [3.05, 3.63) is 0 Å². The van der Waals surface area contributed by atoms with Gasteiger partial charge in [0.1, 0.15) is 0 Å². The zero-order valence-electron chi connectivity index (χ0n) is 8.53. The van der Waals surface area contributed by atoms with Gasteiger partial charge in [-0.3, -0.25) is 10.9 Å². The maximum atomic E-state index is 5.28. The van der Waals surface area contributed by atoms with Gasteiger partial charge in [-0.1, -0.05) is 13.3 Å². The van der Waals surface area contributed by atoms with Crippen LogP contribution in [0.2, 0.25) is 0 Å². The number of nitrogens with one attached hydrogen (secondary N) is 2. The van der Waals surface area contributed by atoms with E-state index in [9.17, 15) is 0 Å². The van der Waals surface area contributed by atoms with Crippen molar-refractivity contribution >= 4 is 11.9 Å². The molecule has 0 fully saturated rings. The number of ether oxygens (including phenoxy) is 1. The van der Waals surface area contributed by atoms with Crippen LogP contribution in [0.25, 0.3) is 0 Å². The van der Waals surface area contributed by atoms with Crippen LogP contribution in [0.3, 0.4) is 0 Å². The fraction of sp³-hybridized carbons (Fsp3) is 0.571. The minimum absolute atomic E-state index is 0.194. The Morgan fingerprint density at radius 3 is 2.20 bits per heavy atom. The Morgan fingerprint density at radius 1 is 1.13 bits per heavy atom. The van der Waals surface area contributed by atoms with E-state index in [4.69, 9.17) is 16.4 Å². The second-order valence-corrected chi connectivity index (χ2v) is 2.76. The number of hydrazine groups is 2. The lowest BCUT2D eigenvalue weighted by Gasteiger charge is -2.06. The first-order valence-corrected chi connectivity index (χ1v) is 4.62. The van der Waals surface area contributed by atoms with Gasteiger partial charge in [0.05, 0.1) is 6.61 Å². The topological polar surface area (TPSA) is 124 Å². The zero-order valence-corrected chi connectivity index (χ0v) is 8.53. The molecule has 1 heterocycles. The molecule has 0 aliphatic rings. The van der Waals surface area contributed by atoms with Crippen molar-refractivity contribution in [2.45, 2.75) is 19.8 Å².